The van der Waals surface area contributed by atoms with Crippen molar-refractivity contribution in [2.75, 3.05) is 0 Å². The minimum atomic E-state index is -0.669. The molecule has 32 heavy (non-hydrogen) atoms. The van der Waals surface area contributed by atoms with Crippen LogP contribution in [-0.4, -0.2) is 11.1 Å². The van der Waals surface area contributed by atoms with Gasteiger partial charge >= 0.3 is 5.97 Å². The zero-order valence-corrected chi connectivity index (χ0v) is 21.9. The largest absolute Gasteiger partial charge is 0.481 e. The molecule has 1 saturated carbocycles. The van der Waals surface area contributed by atoms with Gasteiger partial charge in [0.05, 0.1) is 0 Å². The Morgan fingerprint density at radius 2 is 1.81 bits per heavy atom. The Hall–Kier alpha value is -1.31. The van der Waals surface area contributed by atoms with E-state index in [9.17, 15) is 9.90 Å². The summed E-state index contributed by atoms with van der Waals surface area (Å²) in [5, 5.41) is 9.48. The van der Waals surface area contributed by atoms with E-state index in [0.717, 1.165) is 31.1 Å². The van der Waals surface area contributed by atoms with Crippen LogP contribution < -0.4 is 0 Å². The van der Waals surface area contributed by atoms with Crippen LogP contribution in [0, 0.1) is 34.0 Å². The van der Waals surface area contributed by atoms with Crippen LogP contribution in [0.2, 0.25) is 0 Å². The van der Waals surface area contributed by atoms with Gasteiger partial charge in [-0.3, -0.25) is 4.79 Å². The van der Waals surface area contributed by atoms with E-state index in [1.54, 1.807) is 11.1 Å². The second kappa shape index (κ2) is 9.15. The molecule has 3 aliphatic rings. The van der Waals surface area contributed by atoms with E-state index in [1.165, 1.54) is 49.7 Å². The minimum absolute atomic E-state index is 0.0463. The number of aliphatic carboxylic acids is 1. The summed E-state index contributed by atoms with van der Waals surface area (Å²) in [6.07, 6.45) is 13.3. The van der Waals surface area contributed by atoms with E-state index in [1.807, 2.05) is 0 Å². The highest BCUT2D eigenvalue weighted by Gasteiger charge is 2.61. The van der Waals surface area contributed by atoms with Gasteiger partial charge in [0.1, 0.15) is 0 Å². The number of hydrogen-bond acceptors (Lipinski definition) is 1. The van der Waals surface area contributed by atoms with Crippen LogP contribution in [0.4, 0.5) is 0 Å². The summed E-state index contributed by atoms with van der Waals surface area (Å²) >= 11 is 0. The number of fused-ring (bicyclic) bond motifs is 2. The number of carboxylic acid groups (broad SMARTS) is 1. The Labute approximate surface area is 197 Å². The summed E-state index contributed by atoms with van der Waals surface area (Å²) in [6, 6.07) is 0. The normalized spacial score (nSPS) is 37.5. The van der Waals surface area contributed by atoms with Gasteiger partial charge in [0.15, 0.2) is 0 Å². The van der Waals surface area contributed by atoms with Gasteiger partial charge in [-0.15, -0.1) is 0 Å². The van der Waals surface area contributed by atoms with Crippen molar-refractivity contribution in [2.45, 2.75) is 113 Å². The predicted octanol–water partition coefficient (Wildman–Crippen LogP) is 8.74. The lowest BCUT2D eigenvalue weighted by Gasteiger charge is -2.57. The van der Waals surface area contributed by atoms with Crippen molar-refractivity contribution in [1.29, 1.82) is 0 Å². The number of rotatable bonds is 8. The second-order valence-electron chi connectivity index (χ2n) is 12.4. The van der Waals surface area contributed by atoms with Gasteiger partial charge in [0.2, 0.25) is 0 Å². The minimum Gasteiger partial charge on any atom is -0.481 e. The van der Waals surface area contributed by atoms with Gasteiger partial charge < -0.3 is 5.11 Å². The average Bonchev–Trinajstić information content (AvgIpc) is 2.98. The summed E-state index contributed by atoms with van der Waals surface area (Å²) in [7, 11) is 0. The molecule has 0 radical (unpaired) electrons. The lowest BCUT2D eigenvalue weighted by Crippen LogP contribution is -2.48. The van der Waals surface area contributed by atoms with Gasteiger partial charge in [-0.05, 0) is 113 Å². The molecule has 0 unspecified atom stereocenters. The van der Waals surface area contributed by atoms with Crippen LogP contribution in [0.15, 0.2) is 34.9 Å². The zero-order chi connectivity index (χ0) is 23.9. The molecule has 1 N–H and O–H groups in total. The number of carboxylic acids is 1. The molecule has 0 aliphatic heterocycles. The summed E-state index contributed by atoms with van der Waals surface area (Å²) < 4.78 is 0. The number of allylic oxidation sites excluding steroid dienone is 5. The Morgan fingerprint density at radius 3 is 2.41 bits per heavy atom. The third-order valence-electron chi connectivity index (χ3n) is 10.4. The van der Waals surface area contributed by atoms with Crippen molar-refractivity contribution in [3.63, 3.8) is 0 Å². The smallest absolute Gasteiger partial charge is 0.303 e. The molecular formula is C30H48O2. The van der Waals surface area contributed by atoms with Crippen molar-refractivity contribution in [2.24, 2.45) is 34.0 Å². The lowest BCUT2D eigenvalue weighted by atomic mass is 9.47. The Kier molecular flexibility index (Phi) is 7.24. The number of hydrogen-bond donors (Lipinski definition) is 1. The molecule has 3 rings (SSSR count). The van der Waals surface area contributed by atoms with E-state index in [4.69, 9.17) is 0 Å². The van der Waals surface area contributed by atoms with Crippen LogP contribution in [0.3, 0.4) is 0 Å². The third kappa shape index (κ3) is 4.16. The van der Waals surface area contributed by atoms with Crippen LogP contribution >= 0.6 is 0 Å². The van der Waals surface area contributed by atoms with E-state index >= 15 is 0 Å². The fourth-order valence-corrected chi connectivity index (χ4v) is 8.39. The highest BCUT2D eigenvalue weighted by Crippen LogP contribution is 2.71. The van der Waals surface area contributed by atoms with E-state index < -0.39 is 5.97 Å². The molecule has 0 saturated heterocycles. The first kappa shape index (κ1) is 25.3. The summed E-state index contributed by atoms with van der Waals surface area (Å²) in [5.74, 6) is 1.28. The lowest BCUT2D eigenvalue weighted by molar-refractivity contribution is -0.137. The molecule has 0 heterocycles. The Bertz CT molecular complexity index is 813. The molecule has 180 valence electrons. The van der Waals surface area contributed by atoms with Gasteiger partial charge in [0.25, 0.3) is 0 Å². The van der Waals surface area contributed by atoms with Crippen molar-refractivity contribution in [1.82, 2.24) is 0 Å². The van der Waals surface area contributed by atoms with Gasteiger partial charge in [-0.2, -0.15) is 0 Å². The first-order chi connectivity index (χ1) is 14.9. The van der Waals surface area contributed by atoms with E-state index in [-0.39, 0.29) is 17.3 Å². The molecule has 0 aromatic carbocycles. The molecule has 1 fully saturated rings. The molecule has 2 nitrogen and oxygen atoms in total. The highest BCUT2D eigenvalue weighted by molar-refractivity contribution is 5.66. The van der Waals surface area contributed by atoms with Crippen molar-refractivity contribution in [3.05, 3.63) is 34.9 Å². The van der Waals surface area contributed by atoms with E-state index in [2.05, 4.69) is 61.1 Å². The first-order valence-electron chi connectivity index (χ1n) is 13.1. The maximum atomic E-state index is 11.5. The Balaban J connectivity index is 1.95. The van der Waals surface area contributed by atoms with E-state index in [0.29, 0.717) is 11.3 Å². The summed E-state index contributed by atoms with van der Waals surface area (Å²) in [4.78, 5) is 11.5. The number of carbonyl (C=O) groups is 1. The maximum Gasteiger partial charge on any atom is 0.303 e. The Morgan fingerprint density at radius 1 is 1.12 bits per heavy atom. The third-order valence-corrected chi connectivity index (χ3v) is 10.4. The zero-order valence-electron chi connectivity index (χ0n) is 21.9. The predicted molar refractivity (Wildman–Crippen MR) is 136 cm³/mol. The van der Waals surface area contributed by atoms with Crippen molar-refractivity contribution >= 4 is 5.97 Å². The molecule has 0 spiro atoms. The quantitative estimate of drug-likeness (QED) is 0.383. The standard InChI is InChI=1S/C30H48O2/c1-20(2)10-9-11-22(5)24-14-18-30(8)26-13-12-23(21(3)4)28(6,17-16-27(31)32)25(26)15-19-29(24,30)7/h10,22-24H,3,9,11-19H2,1-2,4-8H3,(H,31,32)/t22-,23+,24-,28+,29-,30+/m1/s1. The first-order valence-corrected chi connectivity index (χ1v) is 13.1. The molecule has 0 aromatic heterocycles. The molecule has 0 amide bonds. The monoisotopic (exact) mass is 440 g/mol. The topological polar surface area (TPSA) is 37.3 Å². The van der Waals surface area contributed by atoms with Gasteiger partial charge in [-0.25, -0.2) is 0 Å². The fraction of sp³-hybridized carbons (Fsp3) is 0.767. The van der Waals surface area contributed by atoms with Crippen molar-refractivity contribution in [3.8, 4) is 0 Å². The van der Waals surface area contributed by atoms with Gasteiger partial charge in [0, 0.05) is 6.42 Å². The maximum absolute atomic E-state index is 11.5. The second-order valence-corrected chi connectivity index (χ2v) is 12.4. The fourth-order valence-electron chi connectivity index (χ4n) is 8.39. The summed E-state index contributed by atoms with van der Waals surface area (Å²) in [6.45, 7) is 20.9. The van der Waals surface area contributed by atoms with Crippen LogP contribution in [0.5, 0.6) is 0 Å². The molecule has 6 atom stereocenters. The molecular weight excluding hydrogens is 392 g/mol. The van der Waals surface area contributed by atoms with Crippen LogP contribution in [0.1, 0.15) is 113 Å². The molecule has 0 bridgehead atoms. The van der Waals surface area contributed by atoms with Gasteiger partial charge in [-0.1, -0.05) is 62.6 Å². The van der Waals surface area contributed by atoms with Crippen molar-refractivity contribution < 1.29 is 9.90 Å². The summed E-state index contributed by atoms with van der Waals surface area (Å²) in [5.41, 5.74) is 6.59. The molecule has 2 heteroatoms. The average molecular weight is 441 g/mol. The highest BCUT2D eigenvalue weighted by atomic mass is 16.4. The SMILES string of the molecule is C=C(C)[C@@H]1CCC2=C(CC[C@]3(C)[C@@H]([C@H](C)CCC=C(C)C)CC[C@@]23C)[C@@]1(C)CCC(=O)O. The van der Waals surface area contributed by atoms with Crippen LogP contribution in [-0.2, 0) is 4.79 Å². The van der Waals surface area contributed by atoms with Crippen LogP contribution in [0.25, 0.3) is 0 Å². The molecule has 0 aromatic rings. The molecule has 3 aliphatic carbocycles.